The monoisotopic (exact) mass is 306 g/mol. The maximum absolute atomic E-state index is 13.1. The summed E-state index contributed by atoms with van der Waals surface area (Å²) in [7, 11) is 3.08. The van der Waals surface area contributed by atoms with Crippen molar-refractivity contribution < 1.29 is 13.9 Å². The molecule has 0 fully saturated rings. The maximum atomic E-state index is 13.1. The molecule has 96 valence electrons. The van der Waals surface area contributed by atoms with Gasteiger partial charge in [0.25, 0.3) is 0 Å². The van der Waals surface area contributed by atoms with Gasteiger partial charge < -0.3 is 9.47 Å². The molecule has 0 aliphatic heterocycles. The second-order valence-electron chi connectivity index (χ2n) is 3.57. The lowest BCUT2D eigenvalue weighted by Crippen LogP contribution is -2.47. The summed E-state index contributed by atoms with van der Waals surface area (Å²) in [5, 5.41) is 0. The van der Waals surface area contributed by atoms with Crippen LogP contribution in [-0.2, 0) is 15.9 Å². The lowest BCUT2D eigenvalue weighted by atomic mass is 10.1. The van der Waals surface area contributed by atoms with Crippen LogP contribution in [-0.4, -0.2) is 26.6 Å². The molecule has 0 aliphatic rings. The molecule has 0 saturated carbocycles. The average Bonchev–Trinajstić information content (AvgIpc) is 2.33. The van der Waals surface area contributed by atoms with Gasteiger partial charge >= 0.3 is 0 Å². The summed E-state index contributed by atoms with van der Waals surface area (Å²) < 4.78 is 23.8. The van der Waals surface area contributed by atoms with Crippen molar-refractivity contribution in [3.8, 4) is 0 Å². The van der Waals surface area contributed by atoms with Gasteiger partial charge in [0.1, 0.15) is 5.82 Å². The Morgan fingerprint density at radius 2 is 2.06 bits per heavy atom. The number of benzene rings is 1. The minimum absolute atomic E-state index is 0.206. The zero-order valence-corrected chi connectivity index (χ0v) is 11.3. The van der Waals surface area contributed by atoms with Crippen molar-refractivity contribution in [1.29, 1.82) is 0 Å². The lowest BCUT2D eigenvalue weighted by Gasteiger charge is -2.24. The van der Waals surface area contributed by atoms with E-state index in [1.165, 1.54) is 6.07 Å². The Labute approximate surface area is 108 Å². The first-order chi connectivity index (χ1) is 8.12. The minimum Gasteiger partial charge on any atom is -0.354 e. The van der Waals surface area contributed by atoms with Crippen molar-refractivity contribution in [2.75, 3.05) is 14.2 Å². The molecule has 0 aromatic heterocycles. The van der Waals surface area contributed by atoms with Crippen LogP contribution in [0.5, 0.6) is 0 Å². The smallest absolute Gasteiger partial charge is 0.173 e. The molecule has 0 heterocycles. The largest absolute Gasteiger partial charge is 0.354 e. The van der Waals surface area contributed by atoms with E-state index in [9.17, 15) is 4.39 Å². The third-order valence-corrected chi connectivity index (χ3v) is 3.05. The summed E-state index contributed by atoms with van der Waals surface area (Å²) in [6, 6.07) is 4.61. The third kappa shape index (κ3) is 4.01. The van der Waals surface area contributed by atoms with E-state index < -0.39 is 6.29 Å². The van der Waals surface area contributed by atoms with Crippen molar-refractivity contribution in [1.82, 2.24) is 5.43 Å². The number of hydrogen-bond donors (Lipinski definition) is 2. The van der Waals surface area contributed by atoms with Gasteiger partial charge in [-0.1, -0.05) is 6.07 Å². The van der Waals surface area contributed by atoms with Crippen molar-refractivity contribution in [3.63, 3.8) is 0 Å². The fourth-order valence-electron chi connectivity index (χ4n) is 1.58. The van der Waals surface area contributed by atoms with Crippen LogP contribution in [0.4, 0.5) is 4.39 Å². The predicted octanol–water partition coefficient (Wildman–Crippen LogP) is 1.58. The van der Waals surface area contributed by atoms with Crippen molar-refractivity contribution >= 4 is 15.9 Å². The van der Waals surface area contributed by atoms with Gasteiger partial charge in [-0.15, -0.1) is 0 Å². The first-order valence-corrected chi connectivity index (χ1v) is 5.87. The highest BCUT2D eigenvalue weighted by Gasteiger charge is 2.20. The normalized spacial score (nSPS) is 13.1. The van der Waals surface area contributed by atoms with E-state index in [2.05, 4.69) is 21.4 Å². The molecular weight excluding hydrogens is 291 g/mol. The predicted molar refractivity (Wildman–Crippen MR) is 66.7 cm³/mol. The standard InChI is InChI=1S/C11H16BrFN2O2/c1-16-11(17-2)10(15-14)6-7-3-4-9(13)8(12)5-7/h3-5,10-11,15H,6,14H2,1-2H3. The van der Waals surface area contributed by atoms with Crippen LogP contribution in [0.25, 0.3) is 0 Å². The van der Waals surface area contributed by atoms with E-state index in [4.69, 9.17) is 15.3 Å². The summed E-state index contributed by atoms with van der Waals surface area (Å²) in [6.07, 6.45) is 0.116. The fraction of sp³-hybridized carbons (Fsp3) is 0.455. The molecule has 6 heteroatoms. The van der Waals surface area contributed by atoms with E-state index in [1.54, 1.807) is 26.4 Å². The molecule has 0 bridgehead atoms. The van der Waals surface area contributed by atoms with Crippen LogP contribution in [0.1, 0.15) is 5.56 Å². The van der Waals surface area contributed by atoms with Gasteiger partial charge in [-0.05, 0) is 40.0 Å². The average molecular weight is 307 g/mol. The highest BCUT2D eigenvalue weighted by Crippen LogP contribution is 2.18. The number of ether oxygens (including phenoxy) is 2. The molecule has 3 N–H and O–H groups in total. The number of nitrogens with one attached hydrogen (secondary N) is 1. The number of nitrogens with two attached hydrogens (primary N) is 1. The number of halogens is 2. The van der Waals surface area contributed by atoms with Crippen molar-refractivity contribution in [2.24, 2.45) is 5.84 Å². The highest BCUT2D eigenvalue weighted by molar-refractivity contribution is 9.10. The zero-order chi connectivity index (χ0) is 12.8. The summed E-state index contributed by atoms with van der Waals surface area (Å²) in [5.41, 5.74) is 3.56. The Balaban J connectivity index is 2.76. The van der Waals surface area contributed by atoms with Crippen LogP contribution < -0.4 is 11.3 Å². The van der Waals surface area contributed by atoms with E-state index in [0.29, 0.717) is 10.9 Å². The zero-order valence-electron chi connectivity index (χ0n) is 9.74. The molecule has 1 atom stereocenters. The molecule has 4 nitrogen and oxygen atoms in total. The molecule has 17 heavy (non-hydrogen) atoms. The summed E-state index contributed by atoms with van der Waals surface area (Å²) in [6.45, 7) is 0. The SMILES string of the molecule is COC(OC)C(Cc1ccc(F)c(Br)c1)NN. The van der Waals surface area contributed by atoms with Gasteiger partial charge in [-0.2, -0.15) is 0 Å². The van der Waals surface area contributed by atoms with Gasteiger partial charge in [0.2, 0.25) is 0 Å². The number of methoxy groups -OCH3 is 2. The molecule has 1 aromatic carbocycles. The first-order valence-electron chi connectivity index (χ1n) is 5.08. The van der Waals surface area contributed by atoms with Crippen molar-refractivity contribution in [3.05, 3.63) is 34.1 Å². The molecule has 1 rings (SSSR count). The Morgan fingerprint density at radius 1 is 1.41 bits per heavy atom. The second kappa shape index (κ2) is 7.03. The minimum atomic E-state index is -0.455. The van der Waals surface area contributed by atoms with Gasteiger partial charge in [-0.3, -0.25) is 11.3 Å². The molecule has 0 aliphatic carbocycles. The van der Waals surface area contributed by atoms with Gasteiger partial charge in [-0.25, -0.2) is 4.39 Å². The molecule has 1 aromatic rings. The van der Waals surface area contributed by atoms with E-state index >= 15 is 0 Å². The van der Waals surface area contributed by atoms with Gasteiger partial charge in [0, 0.05) is 14.2 Å². The fourth-order valence-corrected chi connectivity index (χ4v) is 2.01. The molecule has 0 radical (unpaired) electrons. The summed E-state index contributed by atoms with van der Waals surface area (Å²) in [4.78, 5) is 0. The van der Waals surface area contributed by atoms with Crippen LogP contribution in [0.3, 0.4) is 0 Å². The van der Waals surface area contributed by atoms with E-state index in [1.807, 2.05) is 0 Å². The Morgan fingerprint density at radius 3 is 2.53 bits per heavy atom. The molecule has 0 saturated heterocycles. The Bertz CT molecular complexity index is 361. The summed E-state index contributed by atoms with van der Waals surface area (Å²) in [5.74, 6) is 5.15. The van der Waals surface area contributed by atoms with E-state index in [-0.39, 0.29) is 11.9 Å². The first kappa shape index (κ1) is 14.5. The third-order valence-electron chi connectivity index (χ3n) is 2.45. The quantitative estimate of drug-likeness (QED) is 0.476. The van der Waals surface area contributed by atoms with Crippen LogP contribution in [0, 0.1) is 5.82 Å². The van der Waals surface area contributed by atoms with Gasteiger partial charge in [0.15, 0.2) is 6.29 Å². The second-order valence-corrected chi connectivity index (χ2v) is 4.42. The Kier molecular flexibility index (Phi) is 6.01. The molecule has 0 spiro atoms. The summed E-state index contributed by atoms with van der Waals surface area (Å²) >= 11 is 3.14. The Hall–Kier alpha value is -0.530. The number of hydrazine groups is 1. The van der Waals surface area contributed by atoms with Crippen LogP contribution >= 0.6 is 15.9 Å². The lowest BCUT2D eigenvalue weighted by molar-refractivity contribution is -0.122. The molecular formula is C11H16BrFN2O2. The van der Waals surface area contributed by atoms with Crippen LogP contribution in [0.2, 0.25) is 0 Å². The topological polar surface area (TPSA) is 56.5 Å². The number of rotatable bonds is 6. The highest BCUT2D eigenvalue weighted by atomic mass is 79.9. The van der Waals surface area contributed by atoms with Crippen molar-refractivity contribution in [2.45, 2.75) is 18.8 Å². The van der Waals surface area contributed by atoms with Crippen LogP contribution in [0.15, 0.2) is 22.7 Å². The number of hydrogen-bond acceptors (Lipinski definition) is 4. The van der Waals surface area contributed by atoms with Gasteiger partial charge in [0.05, 0.1) is 10.5 Å². The molecule has 0 amide bonds. The molecule has 1 unspecified atom stereocenters. The van der Waals surface area contributed by atoms with E-state index in [0.717, 1.165) is 5.56 Å². The maximum Gasteiger partial charge on any atom is 0.173 e.